The maximum absolute atomic E-state index is 5.73. The summed E-state index contributed by atoms with van der Waals surface area (Å²) < 4.78 is 11.0. The molecule has 1 unspecified atom stereocenters. The average Bonchev–Trinajstić information content (AvgIpc) is 2.17. The molecule has 0 saturated carbocycles. The Morgan fingerprint density at radius 3 is 3.08 bits per heavy atom. The van der Waals surface area contributed by atoms with Gasteiger partial charge in [0.25, 0.3) is 0 Å². The van der Waals surface area contributed by atoms with Gasteiger partial charge in [0.05, 0.1) is 13.2 Å². The molecule has 2 nitrogen and oxygen atoms in total. The highest BCUT2D eigenvalue weighted by Crippen LogP contribution is 2.36. The molecule has 0 fully saturated rings. The van der Waals surface area contributed by atoms with Gasteiger partial charge in [-0.1, -0.05) is 12.1 Å². The number of fused-ring (bicyclic) bond motifs is 1. The quantitative estimate of drug-likeness (QED) is 0.657. The molecular formula is C11H14O2. The van der Waals surface area contributed by atoms with E-state index in [1.54, 1.807) is 7.11 Å². The van der Waals surface area contributed by atoms with E-state index in [4.69, 9.17) is 9.47 Å². The van der Waals surface area contributed by atoms with Crippen LogP contribution < -0.4 is 9.47 Å². The zero-order chi connectivity index (χ0) is 9.26. The molecule has 0 radical (unpaired) electrons. The van der Waals surface area contributed by atoms with Crippen LogP contribution in [0.3, 0.4) is 0 Å². The van der Waals surface area contributed by atoms with Crippen LogP contribution in [0.1, 0.15) is 18.9 Å². The Labute approximate surface area is 78.5 Å². The number of aryl methyl sites for hydroxylation is 1. The summed E-state index contributed by atoms with van der Waals surface area (Å²) in [5, 5.41) is 0. The van der Waals surface area contributed by atoms with Gasteiger partial charge in [0.2, 0.25) is 0 Å². The molecule has 1 heterocycles. The van der Waals surface area contributed by atoms with E-state index in [0.717, 1.165) is 24.3 Å². The molecular weight excluding hydrogens is 164 g/mol. The van der Waals surface area contributed by atoms with Crippen molar-refractivity contribution in [3.63, 3.8) is 0 Å². The van der Waals surface area contributed by atoms with Crippen LogP contribution in [0.5, 0.6) is 11.5 Å². The lowest BCUT2D eigenvalue weighted by atomic mass is 10.0. The van der Waals surface area contributed by atoms with Crippen molar-refractivity contribution in [2.24, 2.45) is 0 Å². The predicted octanol–water partition coefficient (Wildman–Crippen LogP) is 2.41. The predicted molar refractivity (Wildman–Crippen MR) is 51.4 cm³/mol. The molecule has 0 N–H and O–H groups in total. The minimum Gasteiger partial charge on any atom is -0.493 e. The van der Waals surface area contributed by atoms with E-state index in [1.165, 1.54) is 5.56 Å². The zero-order valence-electron chi connectivity index (χ0n) is 8.04. The molecule has 1 aromatic rings. The molecule has 1 aliphatic heterocycles. The Bertz CT molecular complexity index is 293. The van der Waals surface area contributed by atoms with Crippen molar-refractivity contribution in [1.29, 1.82) is 0 Å². The summed E-state index contributed by atoms with van der Waals surface area (Å²) >= 11 is 0. The summed E-state index contributed by atoms with van der Waals surface area (Å²) in [7, 11) is 1.68. The first-order valence-corrected chi connectivity index (χ1v) is 4.64. The zero-order valence-corrected chi connectivity index (χ0v) is 8.04. The van der Waals surface area contributed by atoms with Gasteiger partial charge in [0.1, 0.15) is 0 Å². The number of benzene rings is 1. The lowest BCUT2D eigenvalue weighted by molar-refractivity contribution is 0.183. The van der Waals surface area contributed by atoms with Gasteiger partial charge in [-0.3, -0.25) is 0 Å². The van der Waals surface area contributed by atoms with E-state index >= 15 is 0 Å². The smallest absolute Gasteiger partial charge is 0.164 e. The number of ether oxygens (including phenoxy) is 2. The molecule has 0 bridgehead atoms. The largest absolute Gasteiger partial charge is 0.493 e. The van der Waals surface area contributed by atoms with E-state index < -0.39 is 0 Å². The van der Waals surface area contributed by atoms with Gasteiger partial charge >= 0.3 is 0 Å². The van der Waals surface area contributed by atoms with Crippen molar-refractivity contribution < 1.29 is 9.47 Å². The van der Waals surface area contributed by atoms with Crippen LogP contribution in [0.4, 0.5) is 0 Å². The summed E-state index contributed by atoms with van der Waals surface area (Å²) in [6.45, 7) is 2.09. The van der Waals surface area contributed by atoms with Crippen molar-refractivity contribution in [2.75, 3.05) is 7.11 Å². The van der Waals surface area contributed by atoms with E-state index in [0.29, 0.717) is 6.10 Å². The van der Waals surface area contributed by atoms with Gasteiger partial charge in [0.15, 0.2) is 11.5 Å². The molecule has 0 spiro atoms. The highest BCUT2D eigenvalue weighted by molar-refractivity contribution is 5.47. The van der Waals surface area contributed by atoms with Crippen molar-refractivity contribution in [3.8, 4) is 11.5 Å². The SMILES string of the molecule is COc1cccc2c1OC(C)CC2. The lowest BCUT2D eigenvalue weighted by Gasteiger charge is -2.24. The van der Waals surface area contributed by atoms with Gasteiger partial charge < -0.3 is 9.47 Å². The second-order valence-electron chi connectivity index (χ2n) is 3.42. The molecule has 0 amide bonds. The third-order valence-corrected chi connectivity index (χ3v) is 2.42. The van der Waals surface area contributed by atoms with Gasteiger partial charge in [-0.2, -0.15) is 0 Å². The molecule has 2 heteroatoms. The Hall–Kier alpha value is -1.18. The minimum atomic E-state index is 0.309. The van der Waals surface area contributed by atoms with Crippen LogP contribution in [0.15, 0.2) is 18.2 Å². The maximum atomic E-state index is 5.73. The van der Waals surface area contributed by atoms with E-state index in [2.05, 4.69) is 13.0 Å². The Balaban J connectivity index is 2.41. The van der Waals surface area contributed by atoms with E-state index in [1.807, 2.05) is 12.1 Å². The third kappa shape index (κ3) is 1.48. The van der Waals surface area contributed by atoms with Crippen molar-refractivity contribution in [1.82, 2.24) is 0 Å². The van der Waals surface area contributed by atoms with Crippen LogP contribution in [0.25, 0.3) is 0 Å². The third-order valence-electron chi connectivity index (χ3n) is 2.42. The van der Waals surface area contributed by atoms with E-state index in [9.17, 15) is 0 Å². The lowest BCUT2D eigenvalue weighted by Crippen LogP contribution is -2.19. The summed E-state index contributed by atoms with van der Waals surface area (Å²) in [6, 6.07) is 6.05. The second kappa shape index (κ2) is 3.29. The number of rotatable bonds is 1. The molecule has 1 aromatic carbocycles. The first kappa shape index (κ1) is 8.42. The monoisotopic (exact) mass is 178 g/mol. The van der Waals surface area contributed by atoms with Gasteiger partial charge in [-0.15, -0.1) is 0 Å². The summed E-state index contributed by atoms with van der Waals surface area (Å²) in [5.74, 6) is 1.78. The number of methoxy groups -OCH3 is 1. The summed E-state index contributed by atoms with van der Waals surface area (Å²) in [5.41, 5.74) is 1.26. The van der Waals surface area contributed by atoms with Crippen LogP contribution in [-0.2, 0) is 6.42 Å². The van der Waals surface area contributed by atoms with Gasteiger partial charge in [0, 0.05) is 0 Å². The Kier molecular flexibility index (Phi) is 2.13. The molecule has 1 atom stereocenters. The fraction of sp³-hybridized carbons (Fsp3) is 0.455. The number of para-hydroxylation sites is 1. The maximum Gasteiger partial charge on any atom is 0.164 e. The first-order chi connectivity index (χ1) is 6.31. The normalized spacial score (nSPS) is 20.3. The molecule has 1 aliphatic rings. The average molecular weight is 178 g/mol. The molecule has 70 valence electrons. The molecule has 13 heavy (non-hydrogen) atoms. The molecule has 0 saturated heterocycles. The summed E-state index contributed by atoms with van der Waals surface area (Å²) in [4.78, 5) is 0. The fourth-order valence-electron chi connectivity index (χ4n) is 1.67. The Morgan fingerprint density at radius 2 is 2.31 bits per heavy atom. The van der Waals surface area contributed by atoms with E-state index in [-0.39, 0.29) is 0 Å². The van der Waals surface area contributed by atoms with Gasteiger partial charge in [-0.25, -0.2) is 0 Å². The minimum absolute atomic E-state index is 0.309. The number of hydrogen-bond donors (Lipinski definition) is 0. The first-order valence-electron chi connectivity index (χ1n) is 4.64. The van der Waals surface area contributed by atoms with Crippen LogP contribution in [0.2, 0.25) is 0 Å². The van der Waals surface area contributed by atoms with Crippen molar-refractivity contribution >= 4 is 0 Å². The molecule has 0 aliphatic carbocycles. The van der Waals surface area contributed by atoms with Crippen LogP contribution in [-0.4, -0.2) is 13.2 Å². The Morgan fingerprint density at radius 1 is 1.46 bits per heavy atom. The van der Waals surface area contributed by atoms with Gasteiger partial charge in [-0.05, 0) is 31.4 Å². The van der Waals surface area contributed by atoms with Crippen LogP contribution >= 0.6 is 0 Å². The van der Waals surface area contributed by atoms with Crippen molar-refractivity contribution in [2.45, 2.75) is 25.9 Å². The molecule has 0 aromatic heterocycles. The van der Waals surface area contributed by atoms with Crippen molar-refractivity contribution in [3.05, 3.63) is 23.8 Å². The number of hydrogen-bond acceptors (Lipinski definition) is 2. The molecule has 2 rings (SSSR count). The fourth-order valence-corrected chi connectivity index (χ4v) is 1.67. The highest BCUT2D eigenvalue weighted by atomic mass is 16.5. The highest BCUT2D eigenvalue weighted by Gasteiger charge is 2.18. The topological polar surface area (TPSA) is 18.5 Å². The standard InChI is InChI=1S/C11H14O2/c1-8-6-7-9-4-3-5-10(12-2)11(9)13-8/h3-5,8H,6-7H2,1-2H3. The second-order valence-corrected chi connectivity index (χ2v) is 3.42. The van der Waals surface area contributed by atoms with Crippen LogP contribution in [0, 0.1) is 0 Å². The summed E-state index contributed by atoms with van der Waals surface area (Å²) in [6.07, 6.45) is 2.50.